The van der Waals surface area contributed by atoms with Crippen LogP contribution in [-0.2, 0) is 4.79 Å². The first-order chi connectivity index (χ1) is 8.22. The SMILES string of the molecule is O=C(Nc1nccc(Cl)n1)C1CC2CCC1C2. The number of aromatic nitrogens is 2. The van der Waals surface area contributed by atoms with E-state index < -0.39 is 0 Å². The number of carbonyl (C=O) groups excluding carboxylic acids is 1. The highest BCUT2D eigenvalue weighted by Gasteiger charge is 2.43. The third-order valence-corrected chi connectivity index (χ3v) is 4.14. The molecule has 2 fully saturated rings. The number of hydrogen-bond donors (Lipinski definition) is 1. The maximum Gasteiger partial charge on any atom is 0.230 e. The second kappa shape index (κ2) is 4.26. The Hall–Kier alpha value is -1.16. The second-order valence-electron chi connectivity index (χ2n) is 4.97. The van der Waals surface area contributed by atoms with E-state index in [0.717, 1.165) is 12.3 Å². The first-order valence-corrected chi connectivity index (χ1v) is 6.39. The number of nitrogens with one attached hydrogen (secondary N) is 1. The molecule has 3 unspecified atom stereocenters. The fraction of sp³-hybridized carbons (Fsp3) is 0.583. The van der Waals surface area contributed by atoms with Crippen molar-refractivity contribution in [2.24, 2.45) is 17.8 Å². The molecule has 3 rings (SSSR count). The van der Waals surface area contributed by atoms with E-state index >= 15 is 0 Å². The first kappa shape index (κ1) is 11.0. The van der Waals surface area contributed by atoms with E-state index in [2.05, 4.69) is 15.3 Å². The lowest BCUT2D eigenvalue weighted by Crippen LogP contribution is -2.27. The number of fused-ring (bicyclic) bond motifs is 2. The molecule has 90 valence electrons. The molecule has 0 aliphatic heterocycles. The van der Waals surface area contributed by atoms with Crippen molar-refractivity contribution in [2.75, 3.05) is 5.32 Å². The van der Waals surface area contributed by atoms with Gasteiger partial charge in [-0.05, 0) is 37.2 Å². The summed E-state index contributed by atoms with van der Waals surface area (Å²) in [7, 11) is 0. The largest absolute Gasteiger partial charge is 0.294 e. The fourth-order valence-corrected chi connectivity index (χ4v) is 3.30. The van der Waals surface area contributed by atoms with Crippen LogP contribution in [0, 0.1) is 17.8 Å². The van der Waals surface area contributed by atoms with Crippen LogP contribution in [0.1, 0.15) is 25.7 Å². The molecule has 1 N–H and O–H groups in total. The predicted octanol–water partition coefficient (Wildman–Crippen LogP) is 2.50. The van der Waals surface area contributed by atoms with Gasteiger partial charge in [0.2, 0.25) is 11.9 Å². The normalized spacial score (nSPS) is 30.5. The number of hydrogen-bond acceptors (Lipinski definition) is 3. The molecule has 5 heteroatoms. The molecular weight excluding hydrogens is 238 g/mol. The number of carbonyl (C=O) groups is 1. The van der Waals surface area contributed by atoms with Gasteiger partial charge >= 0.3 is 0 Å². The van der Waals surface area contributed by atoms with Crippen LogP contribution in [0.5, 0.6) is 0 Å². The molecule has 0 spiro atoms. The Morgan fingerprint density at radius 1 is 1.41 bits per heavy atom. The molecule has 2 bridgehead atoms. The third-order valence-electron chi connectivity index (χ3n) is 3.93. The van der Waals surface area contributed by atoms with Gasteiger partial charge in [0.1, 0.15) is 5.15 Å². The molecule has 4 nitrogen and oxygen atoms in total. The average molecular weight is 252 g/mol. The van der Waals surface area contributed by atoms with Gasteiger partial charge in [0.15, 0.2) is 0 Å². The summed E-state index contributed by atoms with van der Waals surface area (Å²) in [6.45, 7) is 0. The average Bonchev–Trinajstić information content (AvgIpc) is 2.90. The zero-order chi connectivity index (χ0) is 11.8. The number of rotatable bonds is 2. The minimum atomic E-state index is 0.0551. The Kier molecular flexibility index (Phi) is 2.74. The quantitative estimate of drug-likeness (QED) is 0.822. The molecule has 1 aromatic rings. The van der Waals surface area contributed by atoms with Crippen molar-refractivity contribution in [1.82, 2.24) is 9.97 Å². The summed E-state index contributed by atoms with van der Waals surface area (Å²) >= 11 is 5.75. The topological polar surface area (TPSA) is 54.9 Å². The standard InChI is InChI=1S/C12H14ClN3O/c13-10-3-4-14-12(15-10)16-11(17)9-6-7-1-2-8(9)5-7/h3-4,7-9H,1-2,5-6H2,(H,14,15,16,17). The van der Waals surface area contributed by atoms with Crippen molar-refractivity contribution in [1.29, 1.82) is 0 Å². The van der Waals surface area contributed by atoms with Crippen LogP contribution < -0.4 is 5.32 Å². The lowest BCUT2D eigenvalue weighted by atomic mass is 9.88. The van der Waals surface area contributed by atoms with E-state index in [1.807, 2.05) is 0 Å². The van der Waals surface area contributed by atoms with Crippen molar-refractivity contribution in [2.45, 2.75) is 25.7 Å². The van der Waals surface area contributed by atoms with E-state index in [4.69, 9.17) is 11.6 Å². The molecule has 0 aromatic carbocycles. The molecule has 1 heterocycles. The highest BCUT2D eigenvalue weighted by atomic mass is 35.5. The molecule has 17 heavy (non-hydrogen) atoms. The molecule has 2 aliphatic rings. The second-order valence-corrected chi connectivity index (χ2v) is 5.36. The van der Waals surface area contributed by atoms with Gasteiger partial charge in [-0.25, -0.2) is 9.97 Å². The number of nitrogens with zero attached hydrogens (tertiary/aromatic N) is 2. The lowest BCUT2D eigenvalue weighted by Gasteiger charge is -2.20. The highest BCUT2D eigenvalue weighted by Crippen LogP contribution is 2.48. The Bertz CT molecular complexity index is 451. The Morgan fingerprint density at radius 2 is 2.29 bits per heavy atom. The number of halogens is 1. The van der Waals surface area contributed by atoms with Crippen LogP contribution in [-0.4, -0.2) is 15.9 Å². The summed E-state index contributed by atoms with van der Waals surface area (Å²) in [5.41, 5.74) is 0. The van der Waals surface area contributed by atoms with Gasteiger partial charge in [-0.2, -0.15) is 0 Å². The fourth-order valence-electron chi connectivity index (χ4n) is 3.17. The van der Waals surface area contributed by atoms with E-state index in [9.17, 15) is 4.79 Å². The van der Waals surface area contributed by atoms with Gasteiger partial charge in [0.05, 0.1) is 0 Å². The minimum absolute atomic E-state index is 0.0551. The Morgan fingerprint density at radius 3 is 2.94 bits per heavy atom. The first-order valence-electron chi connectivity index (χ1n) is 6.02. The Balaban J connectivity index is 1.68. The van der Waals surface area contributed by atoms with Crippen LogP contribution in [0.3, 0.4) is 0 Å². The van der Waals surface area contributed by atoms with E-state index in [0.29, 0.717) is 17.0 Å². The predicted molar refractivity (Wildman–Crippen MR) is 64.6 cm³/mol. The number of anilines is 1. The minimum Gasteiger partial charge on any atom is -0.294 e. The van der Waals surface area contributed by atoms with Crippen LogP contribution in [0.2, 0.25) is 5.15 Å². The van der Waals surface area contributed by atoms with Crippen molar-refractivity contribution < 1.29 is 4.79 Å². The molecule has 2 saturated carbocycles. The van der Waals surface area contributed by atoms with Crippen LogP contribution in [0.25, 0.3) is 0 Å². The van der Waals surface area contributed by atoms with Crippen LogP contribution in [0.15, 0.2) is 12.3 Å². The monoisotopic (exact) mass is 251 g/mol. The molecule has 1 amide bonds. The summed E-state index contributed by atoms with van der Waals surface area (Å²) in [5, 5.41) is 3.11. The summed E-state index contributed by atoms with van der Waals surface area (Å²) < 4.78 is 0. The molecule has 2 aliphatic carbocycles. The summed E-state index contributed by atoms with van der Waals surface area (Å²) in [6, 6.07) is 1.59. The third kappa shape index (κ3) is 2.14. The van der Waals surface area contributed by atoms with Gasteiger partial charge in [-0.3, -0.25) is 10.1 Å². The van der Waals surface area contributed by atoms with Crippen LogP contribution in [0.4, 0.5) is 5.95 Å². The maximum absolute atomic E-state index is 12.1. The summed E-state index contributed by atoms with van der Waals surface area (Å²) in [6.07, 6.45) is 6.28. The van der Waals surface area contributed by atoms with E-state index in [1.54, 1.807) is 12.3 Å². The van der Waals surface area contributed by atoms with E-state index in [-0.39, 0.29) is 11.8 Å². The highest BCUT2D eigenvalue weighted by molar-refractivity contribution is 6.29. The molecule has 0 radical (unpaired) electrons. The van der Waals surface area contributed by atoms with Gasteiger partial charge < -0.3 is 0 Å². The van der Waals surface area contributed by atoms with Crippen molar-refractivity contribution in [3.05, 3.63) is 17.4 Å². The van der Waals surface area contributed by atoms with Gasteiger partial charge in [0, 0.05) is 12.1 Å². The Labute approximate surface area is 105 Å². The lowest BCUT2D eigenvalue weighted by molar-refractivity contribution is -0.121. The van der Waals surface area contributed by atoms with Crippen molar-refractivity contribution in [3.8, 4) is 0 Å². The van der Waals surface area contributed by atoms with Gasteiger partial charge in [0.25, 0.3) is 0 Å². The molecule has 3 atom stereocenters. The van der Waals surface area contributed by atoms with Crippen molar-refractivity contribution >= 4 is 23.5 Å². The van der Waals surface area contributed by atoms with Crippen LogP contribution >= 0.6 is 11.6 Å². The smallest absolute Gasteiger partial charge is 0.230 e. The molecule has 0 saturated heterocycles. The summed E-state index contributed by atoms with van der Waals surface area (Å²) in [4.78, 5) is 20.0. The zero-order valence-corrected chi connectivity index (χ0v) is 10.2. The molecular formula is C12H14ClN3O. The van der Waals surface area contributed by atoms with Crippen molar-refractivity contribution in [3.63, 3.8) is 0 Å². The van der Waals surface area contributed by atoms with Gasteiger partial charge in [-0.15, -0.1) is 0 Å². The maximum atomic E-state index is 12.1. The number of amides is 1. The zero-order valence-electron chi connectivity index (χ0n) is 9.40. The van der Waals surface area contributed by atoms with E-state index in [1.165, 1.54) is 19.3 Å². The van der Waals surface area contributed by atoms with Gasteiger partial charge in [-0.1, -0.05) is 18.0 Å². The molecule has 1 aromatic heterocycles. The summed E-state index contributed by atoms with van der Waals surface area (Å²) in [5.74, 6) is 1.84.